The van der Waals surface area contributed by atoms with Gasteiger partial charge in [-0.05, 0) is 33.2 Å². The van der Waals surface area contributed by atoms with E-state index in [0.717, 1.165) is 19.3 Å². The van der Waals surface area contributed by atoms with E-state index >= 15 is 0 Å². The molecule has 0 aromatic rings. The lowest BCUT2D eigenvalue weighted by Crippen LogP contribution is -2.55. The highest BCUT2D eigenvalue weighted by molar-refractivity contribution is 5.81. The van der Waals surface area contributed by atoms with Gasteiger partial charge in [0.15, 0.2) is 0 Å². The van der Waals surface area contributed by atoms with E-state index in [1.807, 2.05) is 14.0 Å². The van der Waals surface area contributed by atoms with Crippen LogP contribution in [-0.4, -0.2) is 51.6 Å². The van der Waals surface area contributed by atoms with Crippen LogP contribution in [0.5, 0.6) is 0 Å². The van der Waals surface area contributed by atoms with Gasteiger partial charge in [0.25, 0.3) is 0 Å². The van der Waals surface area contributed by atoms with Gasteiger partial charge in [-0.25, -0.2) is 0 Å². The number of esters is 1. The van der Waals surface area contributed by atoms with Crippen LogP contribution in [0.15, 0.2) is 0 Å². The summed E-state index contributed by atoms with van der Waals surface area (Å²) in [6.07, 6.45) is 3.55. The molecule has 0 amide bonds. The summed E-state index contributed by atoms with van der Waals surface area (Å²) in [6.45, 7) is 3.40. The number of likely N-dealkylation sites (N-methyl/N-ethyl adjacent to an activating group) is 1. The normalized spacial score (nSPS) is 28.1. The molecular weight excluding hydrogens is 234 g/mol. The predicted octanol–water partition coefficient (Wildman–Crippen LogP) is 1.11. The number of rotatable bonds is 7. The molecule has 0 saturated heterocycles. The molecule has 1 aliphatic carbocycles. The summed E-state index contributed by atoms with van der Waals surface area (Å²) >= 11 is 0. The van der Waals surface area contributed by atoms with Gasteiger partial charge < -0.3 is 19.5 Å². The first-order valence-electron chi connectivity index (χ1n) is 6.65. The summed E-state index contributed by atoms with van der Waals surface area (Å²) in [7, 11) is 3.47. The number of ether oxygens (including phenoxy) is 3. The van der Waals surface area contributed by atoms with Crippen molar-refractivity contribution in [3.05, 3.63) is 0 Å². The number of nitrogens with one attached hydrogen (secondary N) is 1. The maximum atomic E-state index is 12.1. The zero-order valence-electron chi connectivity index (χ0n) is 11.7. The Kier molecular flexibility index (Phi) is 6.60. The Hall–Kier alpha value is -0.650. The fourth-order valence-corrected chi connectivity index (χ4v) is 2.45. The molecule has 0 aliphatic heterocycles. The molecule has 5 heteroatoms. The quantitative estimate of drug-likeness (QED) is 0.548. The van der Waals surface area contributed by atoms with E-state index in [2.05, 4.69) is 5.32 Å². The first kappa shape index (κ1) is 15.4. The third kappa shape index (κ3) is 3.93. The van der Waals surface area contributed by atoms with Crippen LogP contribution in [0.4, 0.5) is 0 Å². The number of hydrogen-bond donors (Lipinski definition) is 1. The van der Waals surface area contributed by atoms with Gasteiger partial charge in [0.1, 0.15) is 5.54 Å². The van der Waals surface area contributed by atoms with Gasteiger partial charge in [-0.15, -0.1) is 0 Å². The van der Waals surface area contributed by atoms with E-state index in [-0.39, 0.29) is 12.1 Å². The van der Waals surface area contributed by atoms with Crippen molar-refractivity contribution < 1.29 is 19.0 Å². The fraction of sp³-hybridized carbons (Fsp3) is 0.923. The molecule has 1 rings (SSSR count). The van der Waals surface area contributed by atoms with Crippen LogP contribution < -0.4 is 5.32 Å². The van der Waals surface area contributed by atoms with E-state index < -0.39 is 5.54 Å². The van der Waals surface area contributed by atoms with Crippen molar-refractivity contribution in [2.45, 2.75) is 44.2 Å². The van der Waals surface area contributed by atoms with Crippen LogP contribution in [0, 0.1) is 0 Å². The lowest BCUT2D eigenvalue weighted by Gasteiger charge is -2.38. The Morgan fingerprint density at radius 3 is 2.83 bits per heavy atom. The van der Waals surface area contributed by atoms with Gasteiger partial charge in [0.2, 0.25) is 0 Å². The summed E-state index contributed by atoms with van der Waals surface area (Å²) < 4.78 is 15.9. The van der Waals surface area contributed by atoms with Crippen LogP contribution in [-0.2, 0) is 19.0 Å². The van der Waals surface area contributed by atoms with Gasteiger partial charge >= 0.3 is 5.97 Å². The summed E-state index contributed by atoms with van der Waals surface area (Å²) in [4.78, 5) is 12.1. The minimum Gasteiger partial charge on any atom is -0.465 e. The molecule has 5 nitrogen and oxygen atoms in total. The maximum Gasteiger partial charge on any atom is 0.326 e. The van der Waals surface area contributed by atoms with Crippen molar-refractivity contribution in [3.63, 3.8) is 0 Å². The Morgan fingerprint density at radius 2 is 2.22 bits per heavy atom. The summed E-state index contributed by atoms with van der Waals surface area (Å²) in [5, 5.41) is 3.14. The van der Waals surface area contributed by atoms with E-state index in [1.165, 1.54) is 0 Å². The highest BCUT2D eigenvalue weighted by atomic mass is 16.5. The average molecular weight is 259 g/mol. The van der Waals surface area contributed by atoms with Crippen molar-refractivity contribution in [1.82, 2.24) is 5.32 Å². The molecule has 0 bridgehead atoms. The molecule has 106 valence electrons. The standard InChI is InChI=1S/C13H25NO4/c1-4-17-12(15)13(14-2)7-5-6-11(10-13)18-9-8-16-3/h11,14H,4-10H2,1-3H3. The number of hydrogen-bond acceptors (Lipinski definition) is 5. The number of carbonyl (C=O) groups is 1. The summed E-state index contributed by atoms with van der Waals surface area (Å²) in [5.41, 5.74) is -0.577. The highest BCUT2D eigenvalue weighted by Gasteiger charge is 2.43. The lowest BCUT2D eigenvalue weighted by molar-refractivity contribution is -0.155. The average Bonchev–Trinajstić information content (AvgIpc) is 2.39. The molecule has 0 heterocycles. The van der Waals surface area contributed by atoms with Crippen LogP contribution in [0.25, 0.3) is 0 Å². The van der Waals surface area contributed by atoms with Crippen LogP contribution >= 0.6 is 0 Å². The molecule has 0 radical (unpaired) electrons. The smallest absolute Gasteiger partial charge is 0.326 e. The van der Waals surface area contributed by atoms with Crippen molar-refractivity contribution in [2.24, 2.45) is 0 Å². The summed E-state index contributed by atoms with van der Waals surface area (Å²) in [6, 6.07) is 0. The molecule has 1 fully saturated rings. The molecule has 0 spiro atoms. The second-order valence-electron chi connectivity index (χ2n) is 4.63. The third-order valence-electron chi connectivity index (χ3n) is 3.49. The van der Waals surface area contributed by atoms with Gasteiger partial charge in [-0.1, -0.05) is 0 Å². The van der Waals surface area contributed by atoms with Crippen LogP contribution in [0.1, 0.15) is 32.6 Å². The maximum absolute atomic E-state index is 12.1. The topological polar surface area (TPSA) is 56.8 Å². The fourth-order valence-electron chi connectivity index (χ4n) is 2.45. The first-order chi connectivity index (χ1) is 8.68. The molecule has 1 N–H and O–H groups in total. The van der Waals surface area contributed by atoms with Crippen molar-refractivity contribution >= 4 is 5.97 Å². The minimum atomic E-state index is -0.577. The van der Waals surface area contributed by atoms with Crippen LogP contribution in [0.2, 0.25) is 0 Å². The molecular formula is C13H25NO4. The van der Waals surface area contributed by atoms with E-state index in [1.54, 1.807) is 7.11 Å². The second kappa shape index (κ2) is 7.71. The monoisotopic (exact) mass is 259 g/mol. The number of carbonyl (C=O) groups excluding carboxylic acids is 1. The summed E-state index contributed by atoms with van der Waals surface area (Å²) in [5.74, 6) is -0.160. The van der Waals surface area contributed by atoms with Gasteiger partial charge in [-0.2, -0.15) is 0 Å². The Labute approximate surface area is 109 Å². The third-order valence-corrected chi connectivity index (χ3v) is 3.49. The minimum absolute atomic E-state index is 0.103. The zero-order valence-corrected chi connectivity index (χ0v) is 11.7. The highest BCUT2D eigenvalue weighted by Crippen LogP contribution is 2.31. The predicted molar refractivity (Wildman–Crippen MR) is 68.5 cm³/mol. The van der Waals surface area contributed by atoms with Crippen molar-refractivity contribution in [1.29, 1.82) is 0 Å². The van der Waals surface area contributed by atoms with Gasteiger partial charge in [0.05, 0.1) is 25.9 Å². The van der Waals surface area contributed by atoms with E-state index in [0.29, 0.717) is 26.2 Å². The van der Waals surface area contributed by atoms with Gasteiger partial charge in [0, 0.05) is 13.5 Å². The molecule has 0 aromatic carbocycles. The number of methoxy groups -OCH3 is 1. The Morgan fingerprint density at radius 1 is 1.44 bits per heavy atom. The molecule has 2 unspecified atom stereocenters. The molecule has 18 heavy (non-hydrogen) atoms. The molecule has 1 saturated carbocycles. The largest absolute Gasteiger partial charge is 0.465 e. The van der Waals surface area contributed by atoms with E-state index in [4.69, 9.17) is 14.2 Å². The van der Waals surface area contributed by atoms with Gasteiger partial charge in [-0.3, -0.25) is 4.79 Å². The SMILES string of the molecule is CCOC(=O)C1(NC)CCCC(OCCOC)C1. The lowest BCUT2D eigenvalue weighted by atomic mass is 9.80. The van der Waals surface area contributed by atoms with E-state index in [9.17, 15) is 4.79 Å². The second-order valence-corrected chi connectivity index (χ2v) is 4.63. The first-order valence-corrected chi connectivity index (χ1v) is 6.65. The Bertz CT molecular complexity index is 259. The van der Waals surface area contributed by atoms with Crippen LogP contribution in [0.3, 0.4) is 0 Å². The van der Waals surface area contributed by atoms with Crippen molar-refractivity contribution in [3.8, 4) is 0 Å². The Balaban J connectivity index is 2.55. The molecule has 1 aliphatic rings. The molecule has 0 aromatic heterocycles. The van der Waals surface area contributed by atoms with Crippen molar-refractivity contribution in [2.75, 3.05) is 34.0 Å². The zero-order chi connectivity index (χ0) is 13.4. The molecule has 2 atom stereocenters.